The molecule has 0 spiro atoms. The van der Waals surface area contributed by atoms with Crippen LogP contribution in [0.3, 0.4) is 0 Å². The molecule has 0 radical (unpaired) electrons. The maximum Gasteiger partial charge on any atom is 0.232 e. The Morgan fingerprint density at radius 1 is 1.19 bits per heavy atom. The largest absolute Gasteiger partial charge is 0.470 e. The zero-order valence-corrected chi connectivity index (χ0v) is 12.5. The molecule has 3 saturated heterocycles. The van der Waals surface area contributed by atoms with Crippen molar-refractivity contribution in [3.63, 3.8) is 0 Å². The highest BCUT2D eigenvalue weighted by atomic mass is 16.7. The van der Waals surface area contributed by atoms with E-state index >= 15 is 0 Å². The molecule has 0 aromatic carbocycles. The van der Waals surface area contributed by atoms with Gasteiger partial charge in [0.05, 0.1) is 18.1 Å². The average molecular weight is 295 g/mol. The van der Waals surface area contributed by atoms with E-state index in [4.69, 9.17) is 14.3 Å². The molecule has 4 rings (SSSR count). The van der Waals surface area contributed by atoms with Crippen molar-refractivity contribution >= 4 is 5.90 Å². The molecule has 4 aliphatic heterocycles. The van der Waals surface area contributed by atoms with Crippen LogP contribution in [0.4, 0.5) is 0 Å². The number of fused-ring (bicyclic) bond motifs is 2. The zero-order chi connectivity index (χ0) is 14.1. The van der Waals surface area contributed by atoms with Crippen LogP contribution < -0.4 is 5.32 Å². The number of oxime groups is 1. The van der Waals surface area contributed by atoms with E-state index < -0.39 is 0 Å². The highest BCUT2D eigenvalue weighted by Gasteiger charge is 2.43. The fourth-order valence-electron chi connectivity index (χ4n) is 3.89. The Morgan fingerprint density at radius 2 is 2.10 bits per heavy atom. The first-order chi connectivity index (χ1) is 10.4. The maximum absolute atomic E-state index is 6.16. The minimum absolute atomic E-state index is 0.115. The summed E-state index contributed by atoms with van der Waals surface area (Å²) in [5.41, 5.74) is 0. The van der Waals surface area contributed by atoms with Crippen molar-refractivity contribution in [1.82, 2.24) is 10.2 Å². The van der Waals surface area contributed by atoms with Crippen molar-refractivity contribution in [3.8, 4) is 0 Å². The van der Waals surface area contributed by atoms with E-state index in [1.54, 1.807) is 0 Å². The SMILES string of the molecule is C1CCN(CC2CON=C(C3CC4CNCC3O4)O2)CC1. The van der Waals surface area contributed by atoms with Crippen LogP contribution in [0, 0.1) is 5.92 Å². The second-order valence-corrected chi connectivity index (χ2v) is 6.62. The fraction of sp³-hybridized carbons (Fsp3) is 0.933. The maximum atomic E-state index is 6.16. The second-order valence-electron chi connectivity index (χ2n) is 6.62. The molecule has 0 saturated carbocycles. The quantitative estimate of drug-likeness (QED) is 0.825. The summed E-state index contributed by atoms with van der Waals surface area (Å²) in [6, 6.07) is 0. The summed E-state index contributed by atoms with van der Waals surface area (Å²) in [5.74, 6) is 1.02. The van der Waals surface area contributed by atoms with Gasteiger partial charge in [-0.25, -0.2) is 0 Å². The third kappa shape index (κ3) is 3.03. The van der Waals surface area contributed by atoms with Crippen molar-refractivity contribution < 1.29 is 14.3 Å². The van der Waals surface area contributed by atoms with Gasteiger partial charge >= 0.3 is 0 Å². The first-order valence-corrected chi connectivity index (χ1v) is 8.33. The molecule has 4 heterocycles. The van der Waals surface area contributed by atoms with E-state index in [0.29, 0.717) is 12.7 Å². The summed E-state index contributed by atoms with van der Waals surface area (Å²) in [6.45, 7) is 5.73. The van der Waals surface area contributed by atoms with E-state index in [9.17, 15) is 0 Å². The standard InChI is InChI=1S/C15H25N3O3/c1-2-4-18(5-3-1)9-12-10-19-17-15(21-12)13-6-11-7-16-8-14(13)20-11/h11-14,16H,1-10H2. The number of ether oxygens (including phenoxy) is 2. The number of nitrogens with one attached hydrogen (secondary N) is 1. The summed E-state index contributed by atoms with van der Waals surface area (Å²) in [4.78, 5) is 7.95. The van der Waals surface area contributed by atoms with Crippen LogP contribution in [0.2, 0.25) is 0 Å². The van der Waals surface area contributed by atoms with Crippen LogP contribution in [0.1, 0.15) is 25.7 Å². The highest BCUT2D eigenvalue weighted by molar-refractivity contribution is 5.79. The van der Waals surface area contributed by atoms with Crippen molar-refractivity contribution in [2.75, 3.05) is 39.3 Å². The van der Waals surface area contributed by atoms with Crippen molar-refractivity contribution in [2.24, 2.45) is 11.1 Å². The molecule has 4 aliphatic rings. The predicted octanol–water partition coefficient (Wildman–Crippen LogP) is 0.578. The smallest absolute Gasteiger partial charge is 0.232 e. The molecule has 0 aromatic heterocycles. The Balaban J connectivity index is 1.35. The first-order valence-electron chi connectivity index (χ1n) is 8.33. The van der Waals surface area contributed by atoms with Crippen LogP contribution in [-0.4, -0.2) is 68.4 Å². The normalized spacial score (nSPS) is 40.3. The number of nitrogens with zero attached hydrogens (tertiary/aromatic N) is 2. The van der Waals surface area contributed by atoms with Crippen molar-refractivity contribution in [2.45, 2.75) is 44.0 Å². The Bertz CT molecular complexity index is 398. The lowest BCUT2D eigenvalue weighted by Crippen LogP contribution is -2.45. The molecule has 0 aliphatic carbocycles. The lowest BCUT2D eigenvalue weighted by Gasteiger charge is -2.33. The Hall–Kier alpha value is -0.850. The van der Waals surface area contributed by atoms with Crippen molar-refractivity contribution in [1.29, 1.82) is 0 Å². The second kappa shape index (κ2) is 6.10. The number of piperidine rings is 1. The molecule has 2 bridgehead atoms. The van der Waals surface area contributed by atoms with Gasteiger partial charge in [-0.15, -0.1) is 0 Å². The molecular weight excluding hydrogens is 270 g/mol. The average Bonchev–Trinajstić information content (AvgIpc) is 2.83. The zero-order valence-electron chi connectivity index (χ0n) is 12.5. The van der Waals surface area contributed by atoms with Crippen LogP contribution in [0.15, 0.2) is 5.16 Å². The van der Waals surface area contributed by atoms with Gasteiger partial charge in [0.25, 0.3) is 0 Å². The van der Waals surface area contributed by atoms with E-state index in [-0.39, 0.29) is 18.1 Å². The molecule has 4 atom stereocenters. The molecule has 118 valence electrons. The monoisotopic (exact) mass is 295 g/mol. The van der Waals surface area contributed by atoms with Gasteiger partial charge in [-0.2, -0.15) is 0 Å². The Labute approximate surface area is 125 Å². The molecular formula is C15H25N3O3. The van der Waals surface area contributed by atoms with Crippen LogP contribution in [-0.2, 0) is 14.3 Å². The van der Waals surface area contributed by atoms with Crippen molar-refractivity contribution in [3.05, 3.63) is 0 Å². The topological polar surface area (TPSA) is 55.3 Å². The summed E-state index contributed by atoms with van der Waals surface area (Å²) in [5, 5.41) is 7.59. The van der Waals surface area contributed by atoms with Gasteiger partial charge in [-0.05, 0) is 32.4 Å². The molecule has 6 heteroatoms. The number of hydrogen-bond acceptors (Lipinski definition) is 6. The highest BCUT2D eigenvalue weighted by Crippen LogP contribution is 2.31. The third-order valence-corrected chi connectivity index (χ3v) is 4.98. The lowest BCUT2D eigenvalue weighted by molar-refractivity contribution is -0.0229. The summed E-state index contributed by atoms with van der Waals surface area (Å²) in [6.07, 6.45) is 5.59. The minimum Gasteiger partial charge on any atom is -0.470 e. The number of hydrogen-bond donors (Lipinski definition) is 1. The molecule has 0 aromatic rings. The predicted molar refractivity (Wildman–Crippen MR) is 78.2 cm³/mol. The molecule has 6 nitrogen and oxygen atoms in total. The van der Waals surface area contributed by atoms with Gasteiger partial charge in [0.1, 0.15) is 6.10 Å². The fourth-order valence-corrected chi connectivity index (χ4v) is 3.89. The van der Waals surface area contributed by atoms with Crippen LogP contribution in [0.25, 0.3) is 0 Å². The first kappa shape index (κ1) is 13.8. The molecule has 4 unspecified atom stereocenters. The summed E-state index contributed by atoms with van der Waals surface area (Å²) < 4.78 is 12.1. The minimum atomic E-state index is 0.115. The number of likely N-dealkylation sites (tertiary alicyclic amines) is 1. The van der Waals surface area contributed by atoms with E-state index in [2.05, 4.69) is 15.4 Å². The Morgan fingerprint density at radius 3 is 2.95 bits per heavy atom. The Kier molecular flexibility index (Phi) is 4.01. The van der Waals surface area contributed by atoms with Gasteiger partial charge in [0, 0.05) is 19.6 Å². The van der Waals surface area contributed by atoms with E-state index in [0.717, 1.165) is 32.0 Å². The summed E-state index contributed by atoms with van der Waals surface area (Å²) in [7, 11) is 0. The molecule has 0 amide bonds. The molecule has 21 heavy (non-hydrogen) atoms. The van der Waals surface area contributed by atoms with Gasteiger partial charge in [0.15, 0.2) is 6.61 Å². The van der Waals surface area contributed by atoms with E-state index in [1.165, 1.54) is 32.4 Å². The third-order valence-electron chi connectivity index (χ3n) is 4.98. The van der Waals surface area contributed by atoms with Gasteiger partial charge in [-0.1, -0.05) is 11.6 Å². The van der Waals surface area contributed by atoms with Gasteiger partial charge in [0.2, 0.25) is 5.90 Å². The lowest BCUT2D eigenvalue weighted by atomic mass is 10.00. The number of morpholine rings is 1. The van der Waals surface area contributed by atoms with Gasteiger partial charge in [-0.3, -0.25) is 4.90 Å². The van der Waals surface area contributed by atoms with Crippen LogP contribution in [0.5, 0.6) is 0 Å². The van der Waals surface area contributed by atoms with Crippen LogP contribution >= 0.6 is 0 Å². The molecule has 3 fully saturated rings. The van der Waals surface area contributed by atoms with E-state index in [1.807, 2.05) is 0 Å². The summed E-state index contributed by atoms with van der Waals surface area (Å²) >= 11 is 0. The number of rotatable bonds is 3. The molecule has 1 N–H and O–H groups in total. The van der Waals surface area contributed by atoms with Gasteiger partial charge < -0.3 is 19.6 Å².